The molecule has 0 atom stereocenters. The number of benzene rings is 2. The molecule has 0 bridgehead atoms. The zero-order valence-corrected chi connectivity index (χ0v) is 21.8. The molecular formula is C26H40N2O8. The lowest BCUT2D eigenvalue weighted by atomic mass is 10.2. The van der Waals surface area contributed by atoms with E-state index in [1.807, 2.05) is 36.4 Å². The van der Waals surface area contributed by atoms with Gasteiger partial charge in [0.25, 0.3) is 0 Å². The molecule has 202 valence electrons. The average molecular weight is 509 g/mol. The summed E-state index contributed by atoms with van der Waals surface area (Å²) in [5.74, 6) is 2.76. The molecule has 0 radical (unpaired) electrons. The standard InChI is InChI=1S/C26H40N2O8/c1-29-13-17-33-21-7-5-8-22(34-18-14-30-2)25(21)27-11-12-28-26-23(35-19-15-31-3)9-6-10-24(26)36-20-16-32-4/h5-10,27-28H,11-20H2,1-4H3. The SMILES string of the molecule is COCCOc1cccc(OCCOC)c1NCCNc1c(OCCOC)cccc1OCCOC. The lowest BCUT2D eigenvalue weighted by Gasteiger charge is -2.20. The highest BCUT2D eigenvalue weighted by Crippen LogP contribution is 2.36. The summed E-state index contributed by atoms with van der Waals surface area (Å²) in [5, 5.41) is 6.87. The summed E-state index contributed by atoms with van der Waals surface area (Å²) in [6.45, 7) is 4.83. The molecule has 0 amide bonds. The molecular weight excluding hydrogens is 468 g/mol. The second-order valence-electron chi connectivity index (χ2n) is 7.48. The monoisotopic (exact) mass is 508 g/mol. The van der Waals surface area contributed by atoms with Gasteiger partial charge in [0.05, 0.1) is 26.4 Å². The average Bonchev–Trinajstić information content (AvgIpc) is 2.89. The number of rotatable bonds is 21. The summed E-state index contributed by atoms with van der Waals surface area (Å²) in [4.78, 5) is 0. The molecule has 0 aromatic heterocycles. The number of para-hydroxylation sites is 2. The van der Waals surface area contributed by atoms with Gasteiger partial charge in [0.15, 0.2) is 0 Å². The second kappa shape index (κ2) is 18.4. The highest BCUT2D eigenvalue weighted by Gasteiger charge is 2.13. The van der Waals surface area contributed by atoms with Crippen LogP contribution in [0.15, 0.2) is 36.4 Å². The Kier molecular flexibility index (Phi) is 15.0. The number of methoxy groups -OCH3 is 4. The van der Waals surface area contributed by atoms with E-state index in [9.17, 15) is 0 Å². The molecule has 10 nitrogen and oxygen atoms in total. The molecule has 2 aromatic rings. The van der Waals surface area contributed by atoms with Gasteiger partial charge in [-0.3, -0.25) is 0 Å². The third-order valence-electron chi connectivity index (χ3n) is 4.88. The summed E-state index contributed by atoms with van der Waals surface area (Å²) in [6.07, 6.45) is 0. The zero-order chi connectivity index (χ0) is 25.8. The van der Waals surface area contributed by atoms with Crippen molar-refractivity contribution < 1.29 is 37.9 Å². The lowest BCUT2D eigenvalue weighted by molar-refractivity contribution is 0.143. The van der Waals surface area contributed by atoms with Crippen molar-refractivity contribution in [3.63, 3.8) is 0 Å². The molecule has 2 N–H and O–H groups in total. The maximum absolute atomic E-state index is 5.91. The van der Waals surface area contributed by atoms with Gasteiger partial charge in [-0.05, 0) is 24.3 Å². The van der Waals surface area contributed by atoms with Crippen LogP contribution in [0.4, 0.5) is 11.4 Å². The van der Waals surface area contributed by atoms with E-state index in [-0.39, 0.29) is 0 Å². The Morgan fingerprint density at radius 2 is 0.722 bits per heavy atom. The molecule has 0 unspecified atom stereocenters. The van der Waals surface area contributed by atoms with E-state index in [0.717, 1.165) is 11.4 Å². The molecule has 10 heteroatoms. The first kappa shape index (κ1) is 29.3. The van der Waals surface area contributed by atoms with Crippen LogP contribution in [0, 0.1) is 0 Å². The van der Waals surface area contributed by atoms with E-state index >= 15 is 0 Å². The third kappa shape index (κ3) is 10.4. The minimum atomic E-state index is 0.430. The molecule has 36 heavy (non-hydrogen) atoms. The van der Waals surface area contributed by atoms with Crippen molar-refractivity contribution >= 4 is 11.4 Å². The molecule has 0 heterocycles. The topological polar surface area (TPSA) is 97.9 Å². The minimum absolute atomic E-state index is 0.430. The van der Waals surface area contributed by atoms with E-state index < -0.39 is 0 Å². The van der Waals surface area contributed by atoms with Crippen molar-refractivity contribution in [2.24, 2.45) is 0 Å². The fourth-order valence-electron chi connectivity index (χ4n) is 3.17. The third-order valence-corrected chi connectivity index (χ3v) is 4.88. The van der Waals surface area contributed by atoms with Gasteiger partial charge in [0, 0.05) is 41.5 Å². The molecule has 0 saturated heterocycles. The molecule has 0 fully saturated rings. The number of anilines is 2. The Morgan fingerprint density at radius 1 is 0.444 bits per heavy atom. The Balaban J connectivity index is 2.09. The Bertz CT molecular complexity index is 727. The number of ether oxygens (including phenoxy) is 8. The maximum atomic E-state index is 5.91. The number of hydrogen-bond donors (Lipinski definition) is 2. The van der Waals surface area contributed by atoms with Gasteiger partial charge >= 0.3 is 0 Å². The van der Waals surface area contributed by atoms with E-state index in [4.69, 9.17) is 37.9 Å². The zero-order valence-electron chi connectivity index (χ0n) is 21.8. The number of nitrogens with one attached hydrogen (secondary N) is 2. The fraction of sp³-hybridized carbons (Fsp3) is 0.538. The smallest absolute Gasteiger partial charge is 0.146 e. The Hall–Kier alpha value is -2.92. The van der Waals surface area contributed by atoms with Crippen molar-refractivity contribution in [1.29, 1.82) is 0 Å². The van der Waals surface area contributed by atoms with E-state index in [1.165, 1.54) is 0 Å². The quantitative estimate of drug-likeness (QED) is 0.244. The van der Waals surface area contributed by atoms with Crippen LogP contribution in [-0.4, -0.2) is 94.4 Å². The van der Waals surface area contributed by atoms with Crippen LogP contribution in [0.5, 0.6) is 23.0 Å². The van der Waals surface area contributed by atoms with Crippen molar-refractivity contribution in [2.45, 2.75) is 0 Å². The van der Waals surface area contributed by atoms with Crippen molar-refractivity contribution in [1.82, 2.24) is 0 Å². The minimum Gasteiger partial charge on any atom is -0.489 e. The lowest BCUT2D eigenvalue weighted by Crippen LogP contribution is -2.17. The first-order chi connectivity index (χ1) is 17.7. The van der Waals surface area contributed by atoms with Gasteiger partial charge in [-0.2, -0.15) is 0 Å². The van der Waals surface area contributed by atoms with Gasteiger partial charge in [0.2, 0.25) is 0 Å². The van der Waals surface area contributed by atoms with Gasteiger partial charge in [0.1, 0.15) is 60.8 Å². The van der Waals surface area contributed by atoms with Gasteiger partial charge in [-0.15, -0.1) is 0 Å². The van der Waals surface area contributed by atoms with Crippen molar-refractivity contribution in [3.05, 3.63) is 36.4 Å². The second-order valence-corrected chi connectivity index (χ2v) is 7.48. The first-order valence-corrected chi connectivity index (χ1v) is 12.0. The first-order valence-electron chi connectivity index (χ1n) is 12.0. The van der Waals surface area contributed by atoms with Gasteiger partial charge in [-0.25, -0.2) is 0 Å². The largest absolute Gasteiger partial charge is 0.489 e. The highest BCUT2D eigenvalue weighted by molar-refractivity contribution is 5.68. The van der Waals surface area contributed by atoms with E-state index in [1.54, 1.807) is 28.4 Å². The Labute approximate surface area is 214 Å². The van der Waals surface area contributed by atoms with Crippen LogP contribution in [0.25, 0.3) is 0 Å². The summed E-state index contributed by atoms with van der Waals surface area (Å²) in [6, 6.07) is 11.4. The molecule has 2 aromatic carbocycles. The maximum Gasteiger partial charge on any atom is 0.146 e. The van der Waals surface area contributed by atoms with Crippen LogP contribution in [0.3, 0.4) is 0 Å². The fourth-order valence-corrected chi connectivity index (χ4v) is 3.17. The van der Waals surface area contributed by atoms with Crippen LogP contribution < -0.4 is 29.6 Å². The molecule has 2 rings (SSSR count). The molecule has 0 aliphatic heterocycles. The van der Waals surface area contributed by atoms with Crippen LogP contribution >= 0.6 is 0 Å². The summed E-state index contributed by atoms with van der Waals surface area (Å²) >= 11 is 0. The van der Waals surface area contributed by atoms with E-state index in [0.29, 0.717) is 88.9 Å². The van der Waals surface area contributed by atoms with Crippen molar-refractivity contribution in [3.8, 4) is 23.0 Å². The normalized spacial score (nSPS) is 10.7. The summed E-state index contributed by atoms with van der Waals surface area (Å²) < 4.78 is 44.1. The highest BCUT2D eigenvalue weighted by atomic mass is 16.5. The molecule has 0 spiro atoms. The van der Waals surface area contributed by atoms with Gasteiger partial charge in [-0.1, -0.05) is 12.1 Å². The van der Waals surface area contributed by atoms with Crippen LogP contribution in [0.2, 0.25) is 0 Å². The molecule has 0 saturated carbocycles. The van der Waals surface area contributed by atoms with Crippen LogP contribution in [-0.2, 0) is 18.9 Å². The summed E-state index contributed by atoms with van der Waals surface area (Å²) in [7, 11) is 6.57. The summed E-state index contributed by atoms with van der Waals surface area (Å²) in [5.41, 5.74) is 1.54. The predicted molar refractivity (Wildman–Crippen MR) is 139 cm³/mol. The van der Waals surface area contributed by atoms with E-state index in [2.05, 4.69) is 10.6 Å². The van der Waals surface area contributed by atoms with Gasteiger partial charge < -0.3 is 48.5 Å². The molecule has 0 aliphatic carbocycles. The van der Waals surface area contributed by atoms with Crippen LogP contribution in [0.1, 0.15) is 0 Å². The number of hydrogen-bond acceptors (Lipinski definition) is 10. The van der Waals surface area contributed by atoms with Crippen molar-refractivity contribution in [2.75, 3.05) is 105 Å². The Morgan fingerprint density at radius 3 is 0.972 bits per heavy atom. The molecule has 0 aliphatic rings. The predicted octanol–water partition coefficient (Wildman–Crippen LogP) is 3.31.